The van der Waals surface area contributed by atoms with E-state index in [1.807, 2.05) is 13.8 Å². The van der Waals surface area contributed by atoms with Crippen LogP contribution in [0.3, 0.4) is 0 Å². The SMILES string of the molecule is C=C(C(OCC)OCC)[C@H]1[C@H](C(C)=O)C(=O)N1CC(=O)OC(C)(C)C. The molecule has 0 bridgehead atoms. The lowest BCUT2D eigenvalue weighted by Gasteiger charge is -2.47. The quantitative estimate of drug-likeness (QED) is 0.206. The zero-order valence-electron chi connectivity index (χ0n) is 16.0. The number of ether oxygens (including phenoxy) is 3. The van der Waals surface area contributed by atoms with Crippen LogP contribution < -0.4 is 0 Å². The fraction of sp³-hybridized carbons (Fsp3) is 0.722. The number of nitrogens with zero attached hydrogens (tertiary/aromatic N) is 1. The molecule has 0 N–H and O–H groups in total. The second-order valence-electron chi connectivity index (χ2n) is 6.90. The first-order valence-corrected chi connectivity index (χ1v) is 8.48. The van der Waals surface area contributed by atoms with Crippen LogP contribution in [0.4, 0.5) is 0 Å². The van der Waals surface area contributed by atoms with Crippen molar-refractivity contribution in [1.82, 2.24) is 4.90 Å². The highest BCUT2D eigenvalue weighted by atomic mass is 16.7. The molecule has 1 aliphatic rings. The van der Waals surface area contributed by atoms with Crippen molar-refractivity contribution in [2.75, 3.05) is 19.8 Å². The van der Waals surface area contributed by atoms with Gasteiger partial charge in [0, 0.05) is 18.8 Å². The Bertz CT molecular complexity index is 530. The number of rotatable bonds is 9. The zero-order chi connectivity index (χ0) is 19.4. The normalized spacial score (nSPS) is 20.4. The number of likely N-dealkylation sites (tertiary alicyclic amines) is 1. The summed E-state index contributed by atoms with van der Waals surface area (Å²) < 4.78 is 16.3. The molecule has 0 unspecified atom stereocenters. The Morgan fingerprint density at radius 1 is 1.20 bits per heavy atom. The van der Waals surface area contributed by atoms with Crippen molar-refractivity contribution < 1.29 is 28.6 Å². The molecule has 0 aliphatic carbocycles. The average molecular weight is 355 g/mol. The molecule has 7 heteroatoms. The molecular weight excluding hydrogens is 326 g/mol. The van der Waals surface area contributed by atoms with Gasteiger partial charge in [0.15, 0.2) is 6.29 Å². The number of ketones is 1. The summed E-state index contributed by atoms with van der Waals surface area (Å²) in [6.45, 7) is 14.7. The minimum absolute atomic E-state index is 0.242. The molecule has 1 rings (SSSR count). The van der Waals surface area contributed by atoms with Crippen LogP contribution in [0.1, 0.15) is 41.5 Å². The molecular formula is C18H29NO6. The maximum atomic E-state index is 12.3. The van der Waals surface area contributed by atoms with E-state index in [0.717, 1.165) is 0 Å². The van der Waals surface area contributed by atoms with Crippen LogP contribution in [0.2, 0.25) is 0 Å². The lowest BCUT2D eigenvalue weighted by molar-refractivity contribution is -0.174. The number of esters is 1. The minimum atomic E-state index is -0.863. The molecule has 1 fully saturated rings. The third kappa shape index (κ3) is 5.37. The zero-order valence-corrected chi connectivity index (χ0v) is 16.0. The summed E-state index contributed by atoms with van der Waals surface area (Å²) >= 11 is 0. The Morgan fingerprint density at radius 3 is 2.12 bits per heavy atom. The molecule has 142 valence electrons. The van der Waals surface area contributed by atoms with Crippen molar-refractivity contribution in [3.05, 3.63) is 12.2 Å². The first-order valence-electron chi connectivity index (χ1n) is 8.48. The maximum absolute atomic E-state index is 12.3. The molecule has 0 spiro atoms. The van der Waals surface area contributed by atoms with Crippen molar-refractivity contribution in [3.8, 4) is 0 Å². The van der Waals surface area contributed by atoms with Gasteiger partial charge in [-0.1, -0.05) is 6.58 Å². The summed E-state index contributed by atoms with van der Waals surface area (Å²) in [6, 6.07) is -0.638. The molecule has 2 atom stereocenters. The summed E-state index contributed by atoms with van der Waals surface area (Å²) in [5.74, 6) is -2.08. The first kappa shape index (κ1) is 21.3. The Labute approximate surface area is 149 Å². The van der Waals surface area contributed by atoms with Gasteiger partial charge in [-0.25, -0.2) is 0 Å². The molecule has 1 amide bonds. The van der Waals surface area contributed by atoms with E-state index in [1.165, 1.54) is 11.8 Å². The van der Waals surface area contributed by atoms with Gasteiger partial charge in [-0.2, -0.15) is 0 Å². The largest absolute Gasteiger partial charge is 0.459 e. The smallest absolute Gasteiger partial charge is 0.326 e. The van der Waals surface area contributed by atoms with Crippen LogP contribution >= 0.6 is 0 Å². The van der Waals surface area contributed by atoms with Gasteiger partial charge in [-0.05, 0) is 41.5 Å². The topological polar surface area (TPSA) is 82.1 Å². The van der Waals surface area contributed by atoms with Crippen LogP contribution in [-0.2, 0) is 28.6 Å². The molecule has 1 heterocycles. The summed E-state index contributed by atoms with van der Waals surface area (Å²) in [5.41, 5.74) is -0.205. The number of hydrogen-bond acceptors (Lipinski definition) is 6. The van der Waals surface area contributed by atoms with Gasteiger partial charge in [-0.3, -0.25) is 14.4 Å². The predicted octanol–water partition coefficient (Wildman–Crippen LogP) is 1.70. The van der Waals surface area contributed by atoms with E-state index >= 15 is 0 Å². The van der Waals surface area contributed by atoms with E-state index in [4.69, 9.17) is 14.2 Å². The Hall–Kier alpha value is -1.73. The fourth-order valence-electron chi connectivity index (χ4n) is 2.75. The van der Waals surface area contributed by atoms with Gasteiger partial charge < -0.3 is 19.1 Å². The predicted molar refractivity (Wildman–Crippen MR) is 91.7 cm³/mol. The lowest BCUT2D eigenvalue weighted by atomic mass is 9.80. The van der Waals surface area contributed by atoms with Crippen LogP contribution in [0.15, 0.2) is 12.2 Å². The van der Waals surface area contributed by atoms with Crippen molar-refractivity contribution >= 4 is 17.7 Å². The van der Waals surface area contributed by atoms with E-state index in [0.29, 0.717) is 18.8 Å². The molecule has 0 saturated carbocycles. The Kier molecular flexibility index (Phi) is 7.31. The van der Waals surface area contributed by atoms with Crippen molar-refractivity contribution in [3.63, 3.8) is 0 Å². The molecule has 0 aromatic carbocycles. The van der Waals surface area contributed by atoms with Crippen LogP contribution in [0.25, 0.3) is 0 Å². The second-order valence-corrected chi connectivity index (χ2v) is 6.90. The van der Waals surface area contributed by atoms with E-state index in [1.54, 1.807) is 20.8 Å². The standard InChI is InChI=1S/C18H29NO6/c1-8-23-17(24-9-2)11(3)15-14(12(4)20)16(22)19(15)10-13(21)25-18(5,6)7/h14-15,17H,3,8-10H2,1-2,4-7H3/t14-,15-/m0/s1. The van der Waals surface area contributed by atoms with Gasteiger partial charge in [-0.15, -0.1) is 0 Å². The summed E-state index contributed by atoms with van der Waals surface area (Å²) in [4.78, 5) is 37.6. The van der Waals surface area contributed by atoms with Gasteiger partial charge in [0.2, 0.25) is 5.91 Å². The van der Waals surface area contributed by atoms with Gasteiger partial charge in [0.25, 0.3) is 0 Å². The molecule has 1 aliphatic heterocycles. The van der Waals surface area contributed by atoms with Crippen LogP contribution in [0, 0.1) is 5.92 Å². The summed E-state index contributed by atoms with van der Waals surface area (Å²) in [7, 11) is 0. The maximum Gasteiger partial charge on any atom is 0.326 e. The van der Waals surface area contributed by atoms with Crippen LogP contribution in [0.5, 0.6) is 0 Å². The van der Waals surface area contributed by atoms with Crippen LogP contribution in [-0.4, -0.2) is 60.3 Å². The molecule has 0 aromatic rings. The monoisotopic (exact) mass is 355 g/mol. The first-order chi connectivity index (χ1) is 11.5. The lowest BCUT2D eigenvalue weighted by Crippen LogP contribution is -2.66. The second kappa shape index (κ2) is 8.58. The molecule has 1 saturated heterocycles. The minimum Gasteiger partial charge on any atom is -0.459 e. The van der Waals surface area contributed by atoms with Crippen molar-refractivity contribution in [1.29, 1.82) is 0 Å². The van der Waals surface area contributed by atoms with Gasteiger partial charge >= 0.3 is 5.97 Å². The number of Topliss-reactive ketones (excluding diaryl/α,β-unsaturated/α-hetero) is 1. The van der Waals surface area contributed by atoms with Crippen molar-refractivity contribution in [2.45, 2.75) is 59.5 Å². The molecule has 25 heavy (non-hydrogen) atoms. The van der Waals surface area contributed by atoms with E-state index in [-0.39, 0.29) is 12.3 Å². The van der Waals surface area contributed by atoms with E-state index < -0.39 is 35.7 Å². The van der Waals surface area contributed by atoms with E-state index in [2.05, 4.69) is 6.58 Å². The van der Waals surface area contributed by atoms with Gasteiger partial charge in [0.1, 0.15) is 23.8 Å². The highest BCUT2D eigenvalue weighted by Crippen LogP contribution is 2.34. The number of β-lactam (4-membered cyclic amide) rings is 1. The van der Waals surface area contributed by atoms with E-state index in [9.17, 15) is 14.4 Å². The third-order valence-electron chi connectivity index (χ3n) is 3.68. The number of carbonyl (C=O) groups excluding carboxylic acids is 3. The Balaban J connectivity index is 2.95. The Morgan fingerprint density at radius 2 is 1.72 bits per heavy atom. The number of carbonyl (C=O) groups is 3. The summed E-state index contributed by atoms with van der Waals surface area (Å²) in [5, 5.41) is 0. The summed E-state index contributed by atoms with van der Waals surface area (Å²) in [6.07, 6.45) is -0.740. The number of amides is 1. The van der Waals surface area contributed by atoms with Gasteiger partial charge in [0.05, 0.1) is 6.04 Å². The molecule has 0 aromatic heterocycles. The number of hydrogen-bond donors (Lipinski definition) is 0. The average Bonchev–Trinajstić information content (AvgIpc) is 2.46. The highest BCUT2D eigenvalue weighted by molar-refractivity contribution is 6.07. The molecule has 0 radical (unpaired) electrons. The fourth-order valence-corrected chi connectivity index (χ4v) is 2.75. The molecule has 7 nitrogen and oxygen atoms in total. The van der Waals surface area contributed by atoms with Crippen molar-refractivity contribution in [2.24, 2.45) is 5.92 Å². The highest BCUT2D eigenvalue weighted by Gasteiger charge is 2.53. The third-order valence-corrected chi connectivity index (χ3v) is 3.68.